The highest BCUT2D eigenvalue weighted by Crippen LogP contribution is 2.25. The summed E-state index contributed by atoms with van der Waals surface area (Å²) in [5, 5.41) is 8.41. The van der Waals surface area contributed by atoms with Gasteiger partial charge in [0.25, 0.3) is 0 Å². The van der Waals surface area contributed by atoms with E-state index in [2.05, 4.69) is 30.1 Å². The normalized spacial score (nSPS) is 10.9. The highest BCUT2D eigenvalue weighted by molar-refractivity contribution is 6.34. The van der Waals surface area contributed by atoms with E-state index in [1.54, 1.807) is 0 Å². The second-order valence-corrected chi connectivity index (χ2v) is 3.30. The largest absolute Gasteiger partial charge is 0.276 e. The molecular weight excluding hydrogens is 172 g/mol. The Balaban J connectivity index is 2.96. The second-order valence-electron chi connectivity index (χ2n) is 2.94. The fourth-order valence-corrected chi connectivity index (χ4v) is 1.63. The standard InChI is InChI=1S/C9H9ClN2/c1-5-3-4-7-8(6(5)2)9(10)12-11-7/h3-4H,1-2H3,(H,11,12). The van der Waals surface area contributed by atoms with Crippen LogP contribution in [0.5, 0.6) is 0 Å². The molecule has 0 spiro atoms. The van der Waals surface area contributed by atoms with Crippen LogP contribution in [-0.2, 0) is 0 Å². The number of hydrogen-bond acceptors (Lipinski definition) is 1. The van der Waals surface area contributed by atoms with Crippen LogP contribution in [0.1, 0.15) is 11.1 Å². The molecule has 62 valence electrons. The number of halogens is 1. The van der Waals surface area contributed by atoms with E-state index >= 15 is 0 Å². The molecule has 0 atom stereocenters. The summed E-state index contributed by atoms with van der Waals surface area (Å²) in [6.45, 7) is 4.12. The van der Waals surface area contributed by atoms with Crippen LogP contribution in [-0.4, -0.2) is 10.2 Å². The van der Waals surface area contributed by atoms with Gasteiger partial charge in [-0.05, 0) is 31.0 Å². The minimum atomic E-state index is 0.561. The summed E-state index contributed by atoms with van der Waals surface area (Å²) in [5.41, 5.74) is 3.44. The molecule has 2 aromatic rings. The van der Waals surface area contributed by atoms with Crippen molar-refractivity contribution in [3.63, 3.8) is 0 Å². The SMILES string of the molecule is Cc1ccc2[nH]nc(Cl)c2c1C. The molecule has 0 aliphatic carbocycles. The van der Waals surface area contributed by atoms with Gasteiger partial charge in [0.05, 0.1) is 5.52 Å². The molecule has 2 nitrogen and oxygen atoms in total. The first kappa shape index (κ1) is 7.62. The van der Waals surface area contributed by atoms with E-state index in [9.17, 15) is 0 Å². The van der Waals surface area contributed by atoms with Gasteiger partial charge in [-0.1, -0.05) is 17.7 Å². The molecule has 12 heavy (non-hydrogen) atoms. The van der Waals surface area contributed by atoms with Gasteiger partial charge in [-0.3, -0.25) is 5.10 Å². The Labute approximate surface area is 75.5 Å². The Hall–Kier alpha value is -1.02. The molecule has 0 radical (unpaired) electrons. The molecule has 0 bridgehead atoms. The number of benzene rings is 1. The Kier molecular flexibility index (Phi) is 1.58. The van der Waals surface area contributed by atoms with Gasteiger partial charge < -0.3 is 0 Å². The molecule has 1 heterocycles. The van der Waals surface area contributed by atoms with Crippen LogP contribution in [0.15, 0.2) is 12.1 Å². The van der Waals surface area contributed by atoms with Crippen LogP contribution in [0, 0.1) is 13.8 Å². The van der Waals surface area contributed by atoms with Crippen molar-refractivity contribution < 1.29 is 0 Å². The van der Waals surface area contributed by atoms with Crippen LogP contribution in [0.25, 0.3) is 10.9 Å². The minimum absolute atomic E-state index is 0.561. The number of nitrogens with zero attached hydrogens (tertiary/aromatic N) is 1. The second kappa shape index (κ2) is 2.49. The summed E-state index contributed by atoms with van der Waals surface area (Å²) in [4.78, 5) is 0. The fourth-order valence-electron chi connectivity index (χ4n) is 1.34. The van der Waals surface area contributed by atoms with Crippen molar-refractivity contribution >= 4 is 22.5 Å². The minimum Gasteiger partial charge on any atom is -0.276 e. The van der Waals surface area contributed by atoms with Crippen LogP contribution in [0.2, 0.25) is 5.15 Å². The van der Waals surface area contributed by atoms with Crippen molar-refractivity contribution in [2.24, 2.45) is 0 Å². The predicted molar refractivity (Wildman–Crippen MR) is 50.6 cm³/mol. The molecule has 0 aliphatic heterocycles. The van der Waals surface area contributed by atoms with E-state index in [1.165, 1.54) is 11.1 Å². The number of H-pyrrole nitrogens is 1. The zero-order chi connectivity index (χ0) is 8.72. The summed E-state index contributed by atoms with van der Waals surface area (Å²) < 4.78 is 0. The molecule has 0 aliphatic rings. The zero-order valence-corrected chi connectivity index (χ0v) is 7.74. The third-order valence-electron chi connectivity index (χ3n) is 2.22. The van der Waals surface area contributed by atoms with Crippen LogP contribution in [0.3, 0.4) is 0 Å². The van der Waals surface area contributed by atoms with Crippen molar-refractivity contribution in [1.82, 2.24) is 10.2 Å². The van der Waals surface area contributed by atoms with E-state index < -0.39 is 0 Å². The monoisotopic (exact) mass is 180 g/mol. The van der Waals surface area contributed by atoms with Gasteiger partial charge in [0, 0.05) is 5.39 Å². The highest BCUT2D eigenvalue weighted by atomic mass is 35.5. The Morgan fingerprint density at radius 3 is 2.83 bits per heavy atom. The molecule has 0 saturated heterocycles. The van der Waals surface area contributed by atoms with E-state index in [0.717, 1.165) is 10.9 Å². The van der Waals surface area contributed by atoms with Gasteiger partial charge in [0.15, 0.2) is 5.15 Å². The topological polar surface area (TPSA) is 28.7 Å². The van der Waals surface area contributed by atoms with Crippen molar-refractivity contribution in [3.8, 4) is 0 Å². The summed E-state index contributed by atoms with van der Waals surface area (Å²) in [7, 11) is 0. The van der Waals surface area contributed by atoms with Crippen LogP contribution >= 0.6 is 11.6 Å². The molecule has 1 N–H and O–H groups in total. The summed E-state index contributed by atoms with van der Waals surface area (Å²) >= 11 is 5.91. The zero-order valence-electron chi connectivity index (χ0n) is 6.98. The molecule has 1 aromatic carbocycles. The average molecular weight is 181 g/mol. The molecule has 0 fully saturated rings. The van der Waals surface area contributed by atoms with E-state index in [-0.39, 0.29) is 0 Å². The van der Waals surface area contributed by atoms with Gasteiger partial charge in [0.2, 0.25) is 0 Å². The fraction of sp³-hybridized carbons (Fsp3) is 0.222. The first-order chi connectivity index (χ1) is 5.70. The lowest BCUT2D eigenvalue weighted by Gasteiger charge is -1.99. The van der Waals surface area contributed by atoms with Crippen molar-refractivity contribution in [2.75, 3.05) is 0 Å². The molecule has 2 rings (SSSR count). The first-order valence-corrected chi connectivity index (χ1v) is 4.17. The third-order valence-corrected chi connectivity index (χ3v) is 2.49. The Bertz CT molecular complexity index is 431. The highest BCUT2D eigenvalue weighted by Gasteiger charge is 2.06. The van der Waals surface area contributed by atoms with Crippen molar-refractivity contribution in [3.05, 3.63) is 28.4 Å². The van der Waals surface area contributed by atoms with E-state index in [0.29, 0.717) is 5.15 Å². The number of nitrogens with one attached hydrogen (secondary N) is 1. The van der Waals surface area contributed by atoms with Gasteiger partial charge in [0.1, 0.15) is 0 Å². The summed E-state index contributed by atoms with van der Waals surface area (Å²) in [5.74, 6) is 0. The van der Waals surface area contributed by atoms with Crippen molar-refractivity contribution in [2.45, 2.75) is 13.8 Å². The Morgan fingerprint density at radius 1 is 1.33 bits per heavy atom. The Morgan fingerprint density at radius 2 is 2.08 bits per heavy atom. The number of aryl methyl sites for hydroxylation is 2. The average Bonchev–Trinajstić information content (AvgIpc) is 2.41. The predicted octanol–water partition coefficient (Wildman–Crippen LogP) is 2.83. The molecular formula is C9H9ClN2. The van der Waals surface area contributed by atoms with Crippen LogP contribution in [0.4, 0.5) is 0 Å². The lowest BCUT2D eigenvalue weighted by atomic mass is 10.1. The lowest BCUT2D eigenvalue weighted by Crippen LogP contribution is -1.80. The quantitative estimate of drug-likeness (QED) is 0.664. The molecule has 0 unspecified atom stereocenters. The van der Waals surface area contributed by atoms with Gasteiger partial charge >= 0.3 is 0 Å². The number of fused-ring (bicyclic) bond motifs is 1. The molecule has 0 amide bonds. The van der Waals surface area contributed by atoms with Crippen molar-refractivity contribution in [1.29, 1.82) is 0 Å². The van der Waals surface area contributed by atoms with E-state index in [4.69, 9.17) is 11.6 Å². The first-order valence-electron chi connectivity index (χ1n) is 3.80. The smallest absolute Gasteiger partial charge is 0.158 e. The third kappa shape index (κ3) is 0.916. The summed E-state index contributed by atoms with van der Waals surface area (Å²) in [6, 6.07) is 4.06. The lowest BCUT2D eigenvalue weighted by molar-refractivity contribution is 1.12. The maximum atomic E-state index is 5.91. The van der Waals surface area contributed by atoms with Gasteiger partial charge in [-0.15, -0.1) is 0 Å². The van der Waals surface area contributed by atoms with E-state index in [1.807, 2.05) is 6.07 Å². The maximum absolute atomic E-state index is 5.91. The molecule has 1 aromatic heterocycles. The molecule has 0 saturated carbocycles. The van der Waals surface area contributed by atoms with Crippen LogP contribution < -0.4 is 0 Å². The summed E-state index contributed by atoms with van der Waals surface area (Å²) in [6.07, 6.45) is 0. The van der Waals surface area contributed by atoms with Gasteiger partial charge in [-0.25, -0.2) is 0 Å². The molecule has 3 heteroatoms. The van der Waals surface area contributed by atoms with Gasteiger partial charge in [-0.2, -0.15) is 5.10 Å². The number of aromatic nitrogens is 2. The number of rotatable bonds is 0. The maximum Gasteiger partial charge on any atom is 0.158 e. The number of hydrogen-bond donors (Lipinski definition) is 1. The number of aromatic amines is 1.